The molecule has 1 atom stereocenters. The van der Waals surface area contributed by atoms with Crippen LogP contribution in [0.3, 0.4) is 0 Å². The number of phenols is 1. The van der Waals surface area contributed by atoms with Crippen LogP contribution < -0.4 is 19.9 Å². The largest absolute Gasteiger partial charge is 0.508 e. The molecule has 3 aliphatic carbocycles. The number of nitrogens with zero attached hydrogens (tertiary/aromatic N) is 8. The number of ether oxygens (including phenoxy) is 1. The number of nitrogens with one attached hydrogen (secondary N) is 1. The molecule has 3 amide bonds. The number of rotatable bonds is 12. The third-order valence-corrected chi connectivity index (χ3v) is 18.8. The van der Waals surface area contributed by atoms with Gasteiger partial charge in [-0.2, -0.15) is 9.97 Å². The number of piperidine rings is 3. The molecule has 0 radical (unpaired) electrons. The van der Waals surface area contributed by atoms with Crippen LogP contribution in [0.1, 0.15) is 105 Å². The Morgan fingerprint density at radius 1 is 0.840 bits per heavy atom. The van der Waals surface area contributed by atoms with E-state index in [0.29, 0.717) is 82.5 Å². The summed E-state index contributed by atoms with van der Waals surface area (Å²) in [5.74, 6) is -0.667. The first-order valence-electron chi connectivity index (χ1n) is 27.6. The average molecular weight is 1020 g/mol. The molecule has 3 N–H and O–H groups in total. The van der Waals surface area contributed by atoms with Crippen molar-refractivity contribution in [2.24, 2.45) is 22.2 Å². The van der Waals surface area contributed by atoms with Crippen molar-refractivity contribution in [3.8, 4) is 23.0 Å². The number of pyridine rings is 1. The molecule has 2 aromatic heterocycles. The van der Waals surface area contributed by atoms with Gasteiger partial charge in [-0.25, -0.2) is 8.78 Å². The van der Waals surface area contributed by atoms with Crippen molar-refractivity contribution in [2.45, 2.75) is 109 Å². The van der Waals surface area contributed by atoms with E-state index in [2.05, 4.69) is 36.0 Å². The van der Waals surface area contributed by atoms with Crippen LogP contribution in [0.4, 0.5) is 20.3 Å². The molecule has 3 saturated carbocycles. The predicted molar refractivity (Wildman–Crippen MR) is 279 cm³/mol. The maximum absolute atomic E-state index is 17.3. The Kier molecular flexibility index (Phi) is 12.1. The van der Waals surface area contributed by atoms with Crippen LogP contribution >= 0.6 is 0 Å². The van der Waals surface area contributed by atoms with Gasteiger partial charge < -0.3 is 34.5 Å². The molecule has 0 unspecified atom stereocenters. The first-order chi connectivity index (χ1) is 36.2. The normalized spacial score (nSPS) is 23.8. The second-order valence-corrected chi connectivity index (χ2v) is 23.9. The van der Waals surface area contributed by atoms with Crippen molar-refractivity contribution in [3.63, 3.8) is 0 Å². The van der Waals surface area contributed by atoms with Crippen molar-refractivity contribution in [3.05, 3.63) is 77.0 Å². The lowest BCUT2D eigenvalue weighted by Gasteiger charge is -2.54. The van der Waals surface area contributed by atoms with E-state index in [9.17, 15) is 24.6 Å². The van der Waals surface area contributed by atoms with Crippen LogP contribution in [0, 0.1) is 33.8 Å². The Bertz CT molecular complexity index is 3120. The van der Waals surface area contributed by atoms with Crippen LogP contribution in [0.2, 0.25) is 0 Å². The minimum atomic E-state index is -0.677. The van der Waals surface area contributed by atoms with Crippen LogP contribution in [0.5, 0.6) is 11.8 Å². The van der Waals surface area contributed by atoms with E-state index < -0.39 is 17.7 Å². The number of fused-ring (bicyclic) bond motifs is 3. The van der Waals surface area contributed by atoms with Crippen molar-refractivity contribution < 1.29 is 38.1 Å². The van der Waals surface area contributed by atoms with E-state index >= 15 is 8.78 Å². The van der Waals surface area contributed by atoms with Gasteiger partial charge in [0.2, 0.25) is 11.8 Å². The Morgan fingerprint density at radius 3 is 2.39 bits per heavy atom. The number of phenolic OH excluding ortho intramolecular Hbond substituents is 1. The summed E-state index contributed by atoms with van der Waals surface area (Å²) in [5.41, 5.74) is 3.86. The Hall–Kier alpha value is -6.04. The number of aliphatic hydroxyl groups excluding tert-OH is 1. The quantitative estimate of drug-likeness (QED) is 0.106. The average Bonchev–Trinajstić information content (AvgIpc) is 4.08. The number of aryl methyl sites for hydroxylation is 1. The number of halogens is 2. The van der Waals surface area contributed by atoms with Gasteiger partial charge in [-0.3, -0.25) is 29.6 Å². The fourth-order valence-corrected chi connectivity index (χ4v) is 14.6. The summed E-state index contributed by atoms with van der Waals surface area (Å²) in [7, 11) is 0. The lowest BCUT2D eigenvalue weighted by atomic mass is 9.57. The van der Waals surface area contributed by atoms with Gasteiger partial charge in [-0.05, 0) is 165 Å². The fourth-order valence-electron chi connectivity index (χ4n) is 14.6. The molecule has 0 bridgehead atoms. The zero-order valence-electron chi connectivity index (χ0n) is 42.9. The Morgan fingerprint density at radius 2 is 1.64 bits per heavy atom. The molecular formula is C58H67F2N9O6. The van der Waals surface area contributed by atoms with Gasteiger partial charge in [0, 0.05) is 93.7 Å². The maximum atomic E-state index is 17.3. The van der Waals surface area contributed by atoms with Gasteiger partial charge in [0.05, 0.1) is 18.1 Å². The number of amides is 3. The molecule has 4 saturated heterocycles. The molecule has 3 aromatic carbocycles. The van der Waals surface area contributed by atoms with E-state index in [1.54, 1.807) is 23.2 Å². The molecule has 13 rings (SSSR count). The predicted octanol–water partition coefficient (Wildman–Crippen LogP) is 7.37. The number of aromatic nitrogens is 3. The number of hydrogen-bond donors (Lipinski definition) is 3. The first kappa shape index (κ1) is 48.6. The highest BCUT2D eigenvalue weighted by Crippen LogP contribution is 2.55. The number of benzene rings is 3. The van der Waals surface area contributed by atoms with E-state index in [4.69, 9.17) is 14.7 Å². The van der Waals surface area contributed by atoms with Crippen LogP contribution in [0.15, 0.2) is 48.7 Å². The fraction of sp³-hybridized carbons (Fsp3) is 0.552. The van der Waals surface area contributed by atoms with Gasteiger partial charge in [0.1, 0.15) is 34.6 Å². The van der Waals surface area contributed by atoms with Gasteiger partial charge >= 0.3 is 6.01 Å². The highest BCUT2D eigenvalue weighted by Gasteiger charge is 2.50. The monoisotopic (exact) mass is 1020 g/mol. The topological polar surface area (TPSA) is 168 Å². The van der Waals surface area contributed by atoms with Gasteiger partial charge in [0.25, 0.3) is 5.91 Å². The highest BCUT2D eigenvalue weighted by molar-refractivity contribution is 6.06. The third-order valence-electron chi connectivity index (χ3n) is 18.8. The van der Waals surface area contributed by atoms with Crippen LogP contribution in [-0.4, -0.2) is 142 Å². The summed E-state index contributed by atoms with van der Waals surface area (Å²) in [6.07, 6.45) is 12.7. The maximum Gasteiger partial charge on any atom is 0.319 e. The number of piperazine rings is 1. The number of aromatic hydroxyl groups is 1. The summed E-state index contributed by atoms with van der Waals surface area (Å²) < 4.78 is 39.1. The Balaban J connectivity index is 0.633. The van der Waals surface area contributed by atoms with Crippen molar-refractivity contribution in [2.75, 3.05) is 81.9 Å². The summed E-state index contributed by atoms with van der Waals surface area (Å²) >= 11 is 0. The lowest BCUT2D eigenvalue weighted by Crippen LogP contribution is -2.53. The summed E-state index contributed by atoms with van der Waals surface area (Å²) in [4.78, 5) is 63.4. The molecular weight excluding hydrogens is 957 g/mol. The van der Waals surface area contributed by atoms with Crippen LogP contribution in [0.25, 0.3) is 32.9 Å². The number of imide groups is 1. The summed E-state index contributed by atoms with van der Waals surface area (Å²) in [5, 5.41) is 25.1. The van der Waals surface area contributed by atoms with Gasteiger partial charge in [-0.1, -0.05) is 13.0 Å². The number of likely N-dealkylation sites (tertiary alicyclic amines) is 1. The number of carbonyl (C=O) groups excluding carboxylic acids is 3. The molecule has 2 spiro atoms. The molecule has 15 nitrogen and oxygen atoms in total. The van der Waals surface area contributed by atoms with Crippen molar-refractivity contribution in [1.29, 1.82) is 0 Å². The Labute approximate surface area is 435 Å². The van der Waals surface area contributed by atoms with E-state index in [1.165, 1.54) is 37.8 Å². The van der Waals surface area contributed by atoms with Crippen molar-refractivity contribution in [1.82, 2.24) is 35.0 Å². The van der Waals surface area contributed by atoms with E-state index in [-0.39, 0.29) is 64.0 Å². The van der Waals surface area contributed by atoms with Gasteiger partial charge in [-0.15, -0.1) is 0 Å². The number of aliphatic hydroxyl groups is 1. The molecule has 5 aliphatic heterocycles. The second-order valence-electron chi connectivity index (χ2n) is 23.9. The molecule has 7 fully saturated rings. The SMILES string of the molecule is CCc1c(F)ccc2cc(O)cc(-c3ncc4c(N5CCCC6(CC(O)C6)C5)nc(OCC5(CN6CCC7(CC6)CC(CN6CCN(c8ccc9c(c8)CN([C@H]8CCC(=O)NC8=O)C9=O)CC6)C7)CC5)nc4c3F)c12. The number of hydrogen-bond acceptors (Lipinski definition) is 13. The smallest absolute Gasteiger partial charge is 0.319 e. The van der Waals surface area contributed by atoms with Crippen molar-refractivity contribution >= 4 is 50.9 Å². The zero-order chi connectivity index (χ0) is 51.4. The first-order valence-corrected chi connectivity index (χ1v) is 27.6. The summed E-state index contributed by atoms with van der Waals surface area (Å²) in [6.45, 7) is 12.2. The molecule has 5 aromatic rings. The summed E-state index contributed by atoms with van der Waals surface area (Å²) in [6, 6.07) is 11.5. The third kappa shape index (κ3) is 8.93. The molecule has 17 heteroatoms. The minimum absolute atomic E-state index is 0.0179. The number of carbonyl (C=O) groups is 3. The van der Waals surface area contributed by atoms with Gasteiger partial charge in [0.15, 0.2) is 5.82 Å². The molecule has 8 aliphatic rings. The van der Waals surface area contributed by atoms with E-state index in [0.717, 1.165) is 109 Å². The minimum Gasteiger partial charge on any atom is -0.508 e. The van der Waals surface area contributed by atoms with Crippen LogP contribution in [-0.2, 0) is 22.6 Å². The number of anilines is 2. The highest BCUT2D eigenvalue weighted by atomic mass is 19.1. The zero-order valence-corrected chi connectivity index (χ0v) is 42.9. The standard InChI is InChI=1S/C58H67F2N9O6/c1-2-41-45(59)7-4-36-23-39(70)24-43(48(36)41)50-49(60)51-44(29-61-50)52(68-15-3-10-58(33-68)27-40(71)28-58)64-55(63-51)75-34-57(11-12-57)32-66-16-13-56(14-17-66)25-35(26-56)30-65-18-20-67(21-19-65)38-5-6-42-37(22-38)31-69(54(42)74)46-8-9-47(72)62-53(46)73/h4-7,22-24,29,35,40,46,70-71H,2-3,8-21,25-28,30-34H2,1H3,(H,62,72,73)/t40?,46-,58?/m0/s1. The lowest BCUT2D eigenvalue weighted by molar-refractivity contribution is -0.136. The van der Waals surface area contributed by atoms with E-state index in [1.807, 2.05) is 19.1 Å². The molecule has 7 heterocycles. The second kappa shape index (κ2) is 18.6. The molecule has 75 heavy (non-hydrogen) atoms. The molecule has 394 valence electrons.